The van der Waals surface area contributed by atoms with E-state index in [9.17, 15) is 0 Å². The molecule has 0 aromatic carbocycles. The lowest BCUT2D eigenvalue weighted by Crippen LogP contribution is -2.13. The van der Waals surface area contributed by atoms with Crippen molar-refractivity contribution >= 4 is 0 Å². The first-order valence-electron chi connectivity index (χ1n) is 6.10. The average molecular weight is 228 g/mol. The fraction of sp³-hybridized carbons (Fsp3) is 0.357. The second kappa shape index (κ2) is 4.72. The van der Waals surface area contributed by atoms with Gasteiger partial charge >= 0.3 is 0 Å². The van der Waals surface area contributed by atoms with E-state index in [0.29, 0.717) is 6.10 Å². The van der Waals surface area contributed by atoms with Crippen molar-refractivity contribution in [1.29, 1.82) is 0 Å². The molecule has 3 rings (SSSR count). The summed E-state index contributed by atoms with van der Waals surface area (Å²) in [6.07, 6.45) is 8.83. The molecular weight excluding hydrogens is 212 g/mol. The highest BCUT2D eigenvalue weighted by atomic mass is 16.5. The van der Waals surface area contributed by atoms with Gasteiger partial charge in [0.25, 0.3) is 0 Å². The maximum atomic E-state index is 5.64. The van der Waals surface area contributed by atoms with Gasteiger partial charge in [-0.15, -0.1) is 0 Å². The Hall–Kier alpha value is -1.61. The Bertz CT molecular complexity index is 472. The molecule has 0 saturated carbocycles. The minimum Gasteiger partial charge on any atom is -0.376 e. The molecule has 0 N–H and O–H groups in total. The molecule has 1 aliphatic heterocycles. The standard InChI is InChI=1S/C14H16N2O/c1-2-7-15-14(5-1)12-6-8-16(10-12)11-13-4-3-9-17-13/h1-2,5-8,10,13H,3-4,9,11H2. The molecule has 2 aromatic rings. The Balaban J connectivity index is 1.74. The molecule has 0 spiro atoms. The summed E-state index contributed by atoms with van der Waals surface area (Å²) in [5, 5.41) is 0. The highest BCUT2D eigenvalue weighted by Gasteiger charge is 2.15. The molecule has 2 aromatic heterocycles. The maximum Gasteiger partial charge on any atom is 0.0754 e. The summed E-state index contributed by atoms with van der Waals surface area (Å²) in [5.74, 6) is 0. The van der Waals surface area contributed by atoms with Crippen molar-refractivity contribution in [2.45, 2.75) is 25.5 Å². The van der Waals surface area contributed by atoms with Gasteiger partial charge in [-0.3, -0.25) is 4.98 Å². The number of hydrogen-bond acceptors (Lipinski definition) is 2. The molecular formula is C14H16N2O. The number of hydrogen-bond donors (Lipinski definition) is 0. The predicted molar refractivity (Wildman–Crippen MR) is 66.6 cm³/mol. The largest absolute Gasteiger partial charge is 0.376 e. The van der Waals surface area contributed by atoms with Crippen LogP contribution in [0.15, 0.2) is 42.9 Å². The molecule has 1 atom stereocenters. The van der Waals surface area contributed by atoms with E-state index in [2.05, 4.69) is 28.0 Å². The van der Waals surface area contributed by atoms with Gasteiger partial charge in [0, 0.05) is 37.3 Å². The molecule has 1 fully saturated rings. The van der Waals surface area contributed by atoms with Crippen LogP contribution in [0.4, 0.5) is 0 Å². The van der Waals surface area contributed by atoms with Gasteiger partial charge in [0.1, 0.15) is 0 Å². The van der Waals surface area contributed by atoms with Crippen molar-refractivity contribution in [1.82, 2.24) is 9.55 Å². The van der Waals surface area contributed by atoms with Crippen LogP contribution in [-0.2, 0) is 11.3 Å². The van der Waals surface area contributed by atoms with Crippen molar-refractivity contribution in [3.63, 3.8) is 0 Å². The number of nitrogens with zero attached hydrogens (tertiary/aromatic N) is 2. The summed E-state index contributed by atoms with van der Waals surface area (Å²) < 4.78 is 7.83. The molecule has 3 nitrogen and oxygen atoms in total. The van der Waals surface area contributed by atoms with E-state index >= 15 is 0 Å². The number of rotatable bonds is 3. The zero-order valence-corrected chi connectivity index (χ0v) is 9.75. The lowest BCUT2D eigenvalue weighted by Gasteiger charge is -2.09. The van der Waals surface area contributed by atoms with Crippen LogP contribution in [0.3, 0.4) is 0 Å². The van der Waals surface area contributed by atoms with Gasteiger partial charge in [-0.1, -0.05) is 6.07 Å². The summed E-state index contributed by atoms with van der Waals surface area (Å²) in [5.41, 5.74) is 2.20. The van der Waals surface area contributed by atoms with Gasteiger partial charge in [0.15, 0.2) is 0 Å². The molecule has 0 radical (unpaired) electrons. The number of aromatic nitrogens is 2. The second-order valence-electron chi connectivity index (χ2n) is 4.45. The highest BCUT2D eigenvalue weighted by molar-refractivity contribution is 5.57. The third kappa shape index (κ3) is 2.39. The minimum atomic E-state index is 0.388. The van der Waals surface area contributed by atoms with Crippen molar-refractivity contribution in [3.8, 4) is 11.3 Å². The topological polar surface area (TPSA) is 27.1 Å². The minimum absolute atomic E-state index is 0.388. The van der Waals surface area contributed by atoms with Gasteiger partial charge in [-0.25, -0.2) is 0 Å². The van der Waals surface area contributed by atoms with E-state index in [0.717, 1.165) is 18.8 Å². The Labute approximate surface area is 101 Å². The maximum absolute atomic E-state index is 5.64. The summed E-state index contributed by atoms with van der Waals surface area (Å²) in [7, 11) is 0. The van der Waals surface area contributed by atoms with Crippen molar-refractivity contribution < 1.29 is 4.74 Å². The lowest BCUT2D eigenvalue weighted by atomic mass is 10.2. The first kappa shape index (κ1) is 10.5. The average Bonchev–Trinajstić information content (AvgIpc) is 3.02. The number of pyridine rings is 1. The third-order valence-electron chi connectivity index (χ3n) is 3.15. The Morgan fingerprint density at radius 2 is 2.35 bits per heavy atom. The quantitative estimate of drug-likeness (QED) is 0.807. The van der Waals surface area contributed by atoms with Crippen LogP contribution in [0.1, 0.15) is 12.8 Å². The lowest BCUT2D eigenvalue weighted by molar-refractivity contribution is 0.0971. The molecule has 88 valence electrons. The highest BCUT2D eigenvalue weighted by Crippen LogP contribution is 2.19. The van der Waals surface area contributed by atoms with Crippen LogP contribution in [0.2, 0.25) is 0 Å². The van der Waals surface area contributed by atoms with Crippen LogP contribution in [-0.4, -0.2) is 22.3 Å². The summed E-state index contributed by atoms with van der Waals surface area (Å²) in [6.45, 7) is 1.87. The van der Waals surface area contributed by atoms with Crippen LogP contribution in [0.5, 0.6) is 0 Å². The monoisotopic (exact) mass is 228 g/mol. The van der Waals surface area contributed by atoms with E-state index in [1.54, 1.807) is 0 Å². The smallest absolute Gasteiger partial charge is 0.0754 e. The predicted octanol–water partition coefficient (Wildman–Crippen LogP) is 2.73. The second-order valence-corrected chi connectivity index (χ2v) is 4.45. The van der Waals surface area contributed by atoms with Crippen LogP contribution in [0, 0.1) is 0 Å². The summed E-state index contributed by atoms with van der Waals surface area (Å²) in [4.78, 5) is 4.35. The molecule has 1 saturated heterocycles. The molecule has 17 heavy (non-hydrogen) atoms. The first-order valence-corrected chi connectivity index (χ1v) is 6.10. The molecule has 0 amide bonds. The molecule has 3 heteroatoms. The van der Waals surface area contributed by atoms with E-state index < -0.39 is 0 Å². The Morgan fingerprint density at radius 1 is 1.35 bits per heavy atom. The normalized spacial score (nSPS) is 19.6. The summed E-state index contributed by atoms with van der Waals surface area (Å²) >= 11 is 0. The van der Waals surface area contributed by atoms with Gasteiger partial charge in [0.2, 0.25) is 0 Å². The Kier molecular flexibility index (Phi) is 2.92. The van der Waals surface area contributed by atoms with E-state index in [1.807, 2.05) is 24.4 Å². The SMILES string of the molecule is c1ccc(-c2ccn(CC3CCCO3)c2)nc1. The fourth-order valence-electron chi connectivity index (χ4n) is 2.26. The van der Waals surface area contributed by atoms with Crippen LogP contribution < -0.4 is 0 Å². The molecule has 3 heterocycles. The molecule has 0 aliphatic carbocycles. The summed E-state index contributed by atoms with van der Waals surface area (Å²) in [6, 6.07) is 8.09. The van der Waals surface area contributed by atoms with Gasteiger partial charge in [-0.2, -0.15) is 0 Å². The van der Waals surface area contributed by atoms with Gasteiger partial charge in [-0.05, 0) is 31.0 Å². The van der Waals surface area contributed by atoms with Gasteiger partial charge in [0.05, 0.1) is 11.8 Å². The van der Waals surface area contributed by atoms with Crippen molar-refractivity contribution in [2.75, 3.05) is 6.61 Å². The Morgan fingerprint density at radius 3 is 3.12 bits per heavy atom. The van der Waals surface area contributed by atoms with Gasteiger partial charge < -0.3 is 9.30 Å². The molecule has 1 unspecified atom stereocenters. The van der Waals surface area contributed by atoms with E-state index in [4.69, 9.17) is 4.74 Å². The third-order valence-corrected chi connectivity index (χ3v) is 3.15. The first-order chi connectivity index (χ1) is 8.42. The van der Waals surface area contributed by atoms with Crippen LogP contribution >= 0.6 is 0 Å². The van der Waals surface area contributed by atoms with E-state index in [-0.39, 0.29) is 0 Å². The van der Waals surface area contributed by atoms with Crippen LogP contribution in [0.25, 0.3) is 11.3 Å². The fourth-order valence-corrected chi connectivity index (χ4v) is 2.26. The van der Waals surface area contributed by atoms with Crippen molar-refractivity contribution in [2.24, 2.45) is 0 Å². The number of ether oxygens (including phenoxy) is 1. The van der Waals surface area contributed by atoms with E-state index in [1.165, 1.54) is 18.4 Å². The zero-order chi connectivity index (χ0) is 11.5. The molecule has 0 bridgehead atoms. The van der Waals surface area contributed by atoms with Crippen molar-refractivity contribution in [3.05, 3.63) is 42.9 Å². The zero-order valence-electron chi connectivity index (χ0n) is 9.75. The molecule has 1 aliphatic rings.